The molecule has 612 valence electrons. The van der Waals surface area contributed by atoms with Gasteiger partial charge >= 0.3 is 0 Å². The van der Waals surface area contributed by atoms with E-state index in [9.17, 15) is 24.0 Å². The van der Waals surface area contributed by atoms with E-state index >= 15 is 0 Å². The van der Waals surface area contributed by atoms with E-state index in [4.69, 9.17) is 23.7 Å². The monoisotopic (exact) mass is 1560 g/mol. The molecule has 10 aromatic carbocycles. The fraction of sp³-hybridized carbons (Fsp3) is 0.350. The van der Waals surface area contributed by atoms with E-state index in [0.29, 0.717) is 32.4 Å². The summed E-state index contributed by atoms with van der Waals surface area (Å²) in [5.74, 6) is 0. The van der Waals surface area contributed by atoms with Crippen LogP contribution in [0.5, 0.6) is 0 Å². The number of carbonyl (C=O) groups is 5. The molecule has 0 saturated heterocycles. The van der Waals surface area contributed by atoms with Crippen molar-refractivity contribution in [2.45, 2.75) is 236 Å². The van der Waals surface area contributed by atoms with Crippen molar-refractivity contribution < 1.29 is 47.7 Å². The maximum atomic E-state index is 10.8. The van der Waals surface area contributed by atoms with Gasteiger partial charge in [-0.05, 0) is 227 Å². The largest absolute Gasteiger partial charge is 0.444 e. The lowest BCUT2D eigenvalue weighted by molar-refractivity contribution is -0.133. The van der Waals surface area contributed by atoms with Gasteiger partial charge in [-0.2, -0.15) is 0 Å². The van der Waals surface area contributed by atoms with Crippen molar-refractivity contribution in [3.63, 3.8) is 0 Å². The van der Waals surface area contributed by atoms with Crippen LogP contribution in [0.2, 0.25) is 0 Å². The lowest BCUT2D eigenvalue weighted by atomic mass is 9.90. The van der Waals surface area contributed by atoms with Crippen molar-refractivity contribution in [1.29, 1.82) is 0 Å². The number of rotatable bonds is 15. The average Bonchev–Trinajstić information content (AvgIpc) is 0.776. The Morgan fingerprint density at radius 1 is 0.243 bits per heavy atom. The highest BCUT2D eigenvalue weighted by molar-refractivity contribution is 5.82. The molecule has 15 nitrogen and oxygen atoms in total. The number of hydrogen-bond donors (Lipinski definition) is 0. The first-order valence-corrected chi connectivity index (χ1v) is 41.1. The summed E-state index contributed by atoms with van der Waals surface area (Å²) in [6.45, 7) is 53.0. The minimum absolute atomic E-state index is 0.319. The van der Waals surface area contributed by atoms with Gasteiger partial charge in [0, 0.05) is 71.9 Å². The zero-order valence-electron chi connectivity index (χ0n) is 73.1. The van der Waals surface area contributed by atoms with E-state index in [1.165, 1.54) is 112 Å². The van der Waals surface area contributed by atoms with Crippen LogP contribution in [-0.4, -0.2) is 63.5 Å². The zero-order valence-corrected chi connectivity index (χ0v) is 73.1. The molecule has 5 atom stereocenters. The molecule has 0 aliphatic carbocycles. The average molecular weight is 1560 g/mol. The van der Waals surface area contributed by atoms with Crippen molar-refractivity contribution in [2.75, 3.05) is 24.5 Å². The summed E-state index contributed by atoms with van der Waals surface area (Å²) in [6.07, 6.45) is 2.94. The highest BCUT2D eigenvalue weighted by Gasteiger charge is 2.34. The predicted octanol–water partition coefficient (Wildman–Crippen LogP) is 24.9. The third-order valence-corrected chi connectivity index (χ3v) is 20.2. The molecule has 10 aromatic rings. The summed E-state index contributed by atoms with van der Waals surface area (Å²) in [7, 11) is 0. The molecule has 0 bridgehead atoms. The van der Waals surface area contributed by atoms with Gasteiger partial charge in [-0.15, -0.1) is 0 Å². The summed E-state index contributed by atoms with van der Waals surface area (Å²) in [5, 5.41) is 0. The third kappa shape index (κ3) is 22.3. The Morgan fingerprint density at radius 2 is 0.530 bits per heavy atom. The van der Waals surface area contributed by atoms with Crippen LogP contribution in [0, 0.1) is 55.4 Å². The molecule has 0 saturated carbocycles. The summed E-state index contributed by atoms with van der Waals surface area (Å²) in [5.41, 5.74) is 34.0. The molecule has 5 unspecified atom stereocenters. The number of ether oxygens (including phenoxy) is 5. The first kappa shape index (κ1) is 94.1. The van der Waals surface area contributed by atoms with Crippen LogP contribution < -0.4 is 24.5 Å². The number of nitrogens with zero attached hydrogens (tertiary/aromatic N) is 5. The SMILES string of the molecule is CC.CC.CC.CC.CC.CC.CC(OC=O)N1c2ccccc2Cc2ccccc21.Cc1cc(C)c2c(c1)Cc1ccccc1N2C(C)OC=O.Cc1cc2c(cc1C)N(C(C)OC=O)c1ccccc1C2.Cc1ccc(C)c2c1Cc1ccccc1N2C(C)OC=O.Cc1ccc2c(c1C)N(C(C)OC=O)c1ccccc1C2. The van der Waals surface area contributed by atoms with Crippen LogP contribution in [-0.2, 0) is 79.8 Å². The highest BCUT2D eigenvalue weighted by Crippen LogP contribution is 2.48. The van der Waals surface area contributed by atoms with E-state index < -0.39 is 0 Å². The molecule has 0 fully saturated rings. The van der Waals surface area contributed by atoms with Gasteiger partial charge in [0.15, 0.2) is 31.1 Å². The maximum absolute atomic E-state index is 10.8. The normalized spacial score (nSPS) is 13.0. The minimum Gasteiger partial charge on any atom is -0.444 e. The predicted molar refractivity (Wildman–Crippen MR) is 478 cm³/mol. The van der Waals surface area contributed by atoms with Crippen molar-refractivity contribution in [3.8, 4) is 0 Å². The third-order valence-electron chi connectivity index (χ3n) is 20.2. The van der Waals surface area contributed by atoms with E-state index in [0.717, 1.165) is 77.6 Å². The number of para-hydroxylation sites is 6. The number of anilines is 10. The van der Waals surface area contributed by atoms with Crippen molar-refractivity contribution in [3.05, 3.63) is 294 Å². The second-order valence-electron chi connectivity index (χ2n) is 26.9. The smallest absolute Gasteiger partial charge is 0.295 e. The minimum atomic E-state index is -0.330. The molecule has 5 heterocycles. The molecular weight excluding hydrogens is 1430 g/mol. The Labute approximate surface area is 688 Å². The van der Waals surface area contributed by atoms with Gasteiger partial charge < -0.3 is 48.2 Å². The van der Waals surface area contributed by atoms with Gasteiger partial charge in [0.1, 0.15) is 0 Å². The maximum Gasteiger partial charge on any atom is 0.295 e. The first-order chi connectivity index (χ1) is 55.8. The summed E-state index contributed by atoms with van der Waals surface area (Å²) < 4.78 is 26.0. The number of carbonyl (C=O) groups excluding carboxylic acids is 5. The summed E-state index contributed by atoms with van der Waals surface area (Å²) >= 11 is 0. The van der Waals surface area contributed by atoms with E-state index in [1.54, 1.807) is 0 Å². The second-order valence-corrected chi connectivity index (χ2v) is 26.9. The van der Waals surface area contributed by atoms with E-state index in [1.807, 2.05) is 178 Å². The molecular formula is C100H127N5O10. The Hall–Kier alpha value is -11.5. The van der Waals surface area contributed by atoms with Crippen LogP contribution >= 0.6 is 0 Å². The van der Waals surface area contributed by atoms with Gasteiger partial charge in [0.25, 0.3) is 32.4 Å². The molecule has 0 spiro atoms. The van der Waals surface area contributed by atoms with Crippen molar-refractivity contribution >= 4 is 89.2 Å². The van der Waals surface area contributed by atoms with Gasteiger partial charge in [-0.1, -0.05) is 240 Å². The number of fused-ring (bicyclic) bond motifs is 10. The van der Waals surface area contributed by atoms with Crippen LogP contribution in [0.1, 0.15) is 218 Å². The van der Waals surface area contributed by atoms with Gasteiger partial charge in [-0.25, -0.2) is 0 Å². The molecule has 0 amide bonds. The Morgan fingerprint density at radius 3 is 0.922 bits per heavy atom. The Balaban J connectivity index is 0.000000248. The topological polar surface area (TPSA) is 148 Å². The fourth-order valence-electron chi connectivity index (χ4n) is 15.1. The Bertz CT molecular complexity index is 4680. The van der Waals surface area contributed by atoms with Gasteiger partial charge in [-0.3, -0.25) is 24.0 Å². The first-order valence-electron chi connectivity index (χ1n) is 41.1. The van der Waals surface area contributed by atoms with Gasteiger partial charge in [0.05, 0.1) is 17.1 Å². The zero-order chi connectivity index (χ0) is 85.2. The lowest BCUT2D eigenvalue weighted by Crippen LogP contribution is -2.35. The number of hydrogen-bond acceptors (Lipinski definition) is 15. The fourth-order valence-corrected chi connectivity index (χ4v) is 15.1. The molecule has 0 aromatic heterocycles. The molecule has 15 heteroatoms. The Kier molecular flexibility index (Phi) is 38.7. The van der Waals surface area contributed by atoms with E-state index in [2.05, 4.69) is 213 Å². The summed E-state index contributed by atoms with van der Waals surface area (Å²) in [6, 6.07) is 67.1. The molecule has 0 N–H and O–H groups in total. The van der Waals surface area contributed by atoms with Crippen LogP contribution in [0.15, 0.2) is 194 Å². The van der Waals surface area contributed by atoms with Gasteiger partial charge in [0.2, 0.25) is 0 Å². The van der Waals surface area contributed by atoms with Crippen LogP contribution in [0.4, 0.5) is 56.9 Å². The van der Waals surface area contributed by atoms with Crippen molar-refractivity contribution in [1.82, 2.24) is 0 Å². The van der Waals surface area contributed by atoms with E-state index in [-0.39, 0.29) is 31.1 Å². The van der Waals surface area contributed by atoms with Crippen LogP contribution in [0.25, 0.3) is 0 Å². The summed E-state index contributed by atoms with van der Waals surface area (Å²) in [4.78, 5) is 64.3. The highest BCUT2D eigenvalue weighted by atomic mass is 16.6. The lowest BCUT2D eigenvalue weighted by Gasteiger charge is -2.38. The number of benzene rings is 10. The quantitative estimate of drug-likeness (QED) is 0.0707. The molecule has 15 rings (SSSR count). The standard InChI is InChI=1S/4C18H19NO2.C16H15NO2.6C2H6/c1-12-8-16-10-15-6-4-5-7-17(15)19(14(3)21-11-20)18(16)9-13(12)2;1-12-8-13(2)18-16(9-12)10-15-6-4-5-7-17(15)19(18)14(3)21-11-20;1-12-8-9-16-10-15-6-4-5-7-17(15)19(14(3)21-11-20)18(16)13(12)2;1-12-8-9-13(2)18-16(12)10-15-6-4-5-7-17(15)19(18)14(3)21-11-20;1-12(19-11-18)17-15-8-4-2-6-13(15)10-14-7-3-5-9-16(14)17;6*1-2/h4*4-9,11,14H,10H2,1-3H3;2-9,11-12H,10H2,1H3;6*1-2H3. The molecule has 5 aliphatic heterocycles. The molecule has 115 heavy (non-hydrogen) atoms. The molecule has 0 radical (unpaired) electrons. The van der Waals surface area contributed by atoms with Crippen molar-refractivity contribution in [2.24, 2.45) is 0 Å². The van der Waals surface area contributed by atoms with Crippen LogP contribution in [0.3, 0.4) is 0 Å². The number of aryl methyl sites for hydroxylation is 7. The molecule has 5 aliphatic rings. The second kappa shape index (κ2) is 47.3.